The third-order valence-electron chi connectivity index (χ3n) is 11.5. The lowest BCUT2D eigenvalue weighted by Gasteiger charge is -2.01. The Kier molecular flexibility index (Phi) is 12.9. The lowest BCUT2D eigenvalue weighted by molar-refractivity contribution is 1.01. The first-order valence-corrected chi connectivity index (χ1v) is 22.7. The Morgan fingerprint density at radius 3 is 0.958 bits per heavy atom. The Bertz CT molecular complexity index is 3560. The van der Waals surface area contributed by atoms with Crippen LogP contribution >= 0.6 is 0 Å². The summed E-state index contributed by atoms with van der Waals surface area (Å²) < 4.78 is 0. The van der Waals surface area contributed by atoms with E-state index in [9.17, 15) is 0 Å². The summed E-state index contributed by atoms with van der Waals surface area (Å²) in [5.41, 5.74) is 23.9. The highest BCUT2D eigenvalue weighted by atomic mass is 15.4. The van der Waals surface area contributed by atoms with E-state index in [1.807, 2.05) is 151 Å². The first-order chi connectivity index (χ1) is 35.2. The van der Waals surface area contributed by atoms with Crippen molar-refractivity contribution in [3.8, 4) is 0 Å². The van der Waals surface area contributed by atoms with E-state index in [4.69, 9.17) is 0 Å². The van der Waals surface area contributed by atoms with Gasteiger partial charge < -0.3 is 15.0 Å². The molecule has 9 aromatic heterocycles. The van der Waals surface area contributed by atoms with Gasteiger partial charge in [0, 0.05) is 34.7 Å². The number of rotatable bonds is 9. The minimum atomic E-state index is 0.335. The Hall–Kier alpha value is -10.1. The number of benzene rings is 3. The number of para-hydroxylation sites is 3. The molecule has 9 heterocycles. The van der Waals surface area contributed by atoms with E-state index >= 15 is 0 Å². The predicted octanol–water partition coefficient (Wildman–Crippen LogP) is 9.14. The van der Waals surface area contributed by atoms with Crippen LogP contribution in [0.1, 0.15) is 54.5 Å². The maximum atomic E-state index is 4.45. The summed E-state index contributed by atoms with van der Waals surface area (Å²) in [7, 11) is 0. The fourth-order valence-electron chi connectivity index (χ4n) is 7.68. The average Bonchev–Trinajstić information content (AvgIpc) is 4.12. The quantitative estimate of drug-likeness (QED) is 0.0581. The molecule has 0 saturated heterocycles. The summed E-state index contributed by atoms with van der Waals surface area (Å²) in [5, 5.41) is 41.0. The molecular formula is C51H45N21. The van der Waals surface area contributed by atoms with Crippen molar-refractivity contribution >= 4 is 101 Å². The zero-order valence-electron chi connectivity index (χ0n) is 39.8. The molecule has 21 heteroatoms. The molecule has 0 spiro atoms. The SMILES string of the molecule is CC(=NNc1nnc2c(n1)[nH]c1c(C)cccc12)c1ccccn1.CC(=NNc1nnc2c(n1)[nH]c1c(C)cccc12)c1ccccn1.CC(=NNc1nnc2c(n1)[nH]c1c(C)cccc12)c1ccccn1. The molecule has 21 nitrogen and oxygen atoms in total. The van der Waals surface area contributed by atoms with Crippen molar-refractivity contribution in [2.75, 3.05) is 16.3 Å². The van der Waals surface area contributed by atoms with Crippen LogP contribution in [0.2, 0.25) is 0 Å². The number of hydrazone groups is 3. The van der Waals surface area contributed by atoms with E-state index in [1.165, 1.54) is 0 Å². The van der Waals surface area contributed by atoms with Gasteiger partial charge in [0.25, 0.3) is 17.8 Å². The van der Waals surface area contributed by atoms with Crippen LogP contribution in [0.5, 0.6) is 0 Å². The van der Waals surface area contributed by atoms with Gasteiger partial charge in [-0.05, 0) is 94.6 Å². The smallest absolute Gasteiger partial charge is 0.265 e. The standard InChI is InChI=1S/3C17H15N7/c3*1-10-6-5-7-12-14(10)19-16-15(12)22-24-17(20-16)23-21-11(2)13-8-3-4-9-18-13/h3*3-9H,1-2H3,(H2,19,20,23,24). The molecule has 6 N–H and O–H groups in total. The molecule has 0 aliphatic rings. The molecule has 0 radical (unpaired) electrons. The number of anilines is 3. The first kappa shape index (κ1) is 45.7. The van der Waals surface area contributed by atoms with E-state index < -0.39 is 0 Å². The van der Waals surface area contributed by atoms with E-state index in [0.717, 1.165) is 100 Å². The second-order valence-electron chi connectivity index (χ2n) is 16.4. The molecule has 12 aromatic rings. The number of hydrogen-bond acceptors (Lipinski definition) is 18. The summed E-state index contributed by atoms with van der Waals surface area (Å²) >= 11 is 0. The Morgan fingerprint density at radius 1 is 0.375 bits per heavy atom. The fraction of sp³-hybridized carbons (Fsp3) is 0.118. The lowest BCUT2D eigenvalue weighted by atomic mass is 10.1. The third kappa shape index (κ3) is 9.78. The second kappa shape index (κ2) is 20.3. The number of H-pyrrole nitrogens is 3. The van der Waals surface area contributed by atoms with E-state index in [1.54, 1.807) is 18.6 Å². The highest BCUT2D eigenvalue weighted by Crippen LogP contribution is 2.27. The molecule has 0 unspecified atom stereocenters. The average molecular weight is 952 g/mol. The van der Waals surface area contributed by atoms with Gasteiger partial charge in [-0.2, -0.15) is 30.3 Å². The zero-order chi connectivity index (χ0) is 49.6. The minimum Gasteiger partial charge on any atom is -0.337 e. The normalized spacial score (nSPS) is 12.0. The maximum absolute atomic E-state index is 4.45. The monoisotopic (exact) mass is 951 g/mol. The predicted molar refractivity (Wildman–Crippen MR) is 282 cm³/mol. The van der Waals surface area contributed by atoms with Crippen molar-refractivity contribution in [1.82, 2.24) is 75.4 Å². The molecule has 354 valence electrons. The molecule has 12 rings (SSSR count). The topological polar surface area (TPSA) is 275 Å². The van der Waals surface area contributed by atoms with Crippen LogP contribution in [0.25, 0.3) is 66.2 Å². The zero-order valence-corrected chi connectivity index (χ0v) is 39.8. The van der Waals surface area contributed by atoms with Crippen LogP contribution in [0.15, 0.2) is 143 Å². The van der Waals surface area contributed by atoms with Crippen LogP contribution in [-0.2, 0) is 0 Å². The van der Waals surface area contributed by atoms with Crippen molar-refractivity contribution in [2.45, 2.75) is 41.5 Å². The van der Waals surface area contributed by atoms with Crippen molar-refractivity contribution in [1.29, 1.82) is 0 Å². The summed E-state index contributed by atoms with van der Waals surface area (Å²) in [4.78, 5) is 36.0. The van der Waals surface area contributed by atoms with Crippen LogP contribution in [0.3, 0.4) is 0 Å². The molecule has 0 amide bonds. The van der Waals surface area contributed by atoms with Crippen molar-refractivity contribution in [3.63, 3.8) is 0 Å². The van der Waals surface area contributed by atoms with Crippen LogP contribution in [0.4, 0.5) is 17.8 Å². The third-order valence-corrected chi connectivity index (χ3v) is 11.5. The molecular weight excluding hydrogens is 907 g/mol. The number of nitrogens with zero attached hydrogens (tertiary/aromatic N) is 15. The highest BCUT2D eigenvalue weighted by molar-refractivity contribution is 6.06. The molecule has 0 fully saturated rings. The molecule has 3 aromatic carbocycles. The summed E-state index contributed by atoms with van der Waals surface area (Å²) in [5.74, 6) is 1.01. The van der Waals surface area contributed by atoms with Gasteiger partial charge in [-0.15, -0.1) is 30.6 Å². The Labute approximate surface area is 410 Å². The largest absolute Gasteiger partial charge is 0.337 e. The van der Waals surface area contributed by atoms with Crippen molar-refractivity contribution in [2.24, 2.45) is 15.3 Å². The highest BCUT2D eigenvalue weighted by Gasteiger charge is 2.13. The minimum absolute atomic E-state index is 0.335. The van der Waals surface area contributed by atoms with Gasteiger partial charge in [0.05, 0.1) is 50.8 Å². The van der Waals surface area contributed by atoms with Crippen LogP contribution in [-0.4, -0.2) is 92.6 Å². The number of pyridine rings is 3. The first-order valence-electron chi connectivity index (χ1n) is 22.7. The number of aromatic nitrogens is 15. The van der Waals surface area contributed by atoms with E-state index in [2.05, 4.69) is 107 Å². The van der Waals surface area contributed by atoms with Gasteiger partial charge >= 0.3 is 0 Å². The van der Waals surface area contributed by atoms with Gasteiger partial charge in [0.1, 0.15) is 16.6 Å². The molecule has 72 heavy (non-hydrogen) atoms. The van der Waals surface area contributed by atoms with Gasteiger partial charge in [-0.3, -0.25) is 15.0 Å². The second-order valence-corrected chi connectivity index (χ2v) is 16.4. The molecule has 0 saturated carbocycles. The van der Waals surface area contributed by atoms with Crippen molar-refractivity contribution in [3.05, 3.63) is 162 Å². The van der Waals surface area contributed by atoms with Crippen LogP contribution in [0, 0.1) is 20.8 Å². The van der Waals surface area contributed by atoms with E-state index in [0.29, 0.717) is 34.8 Å². The number of fused-ring (bicyclic) bond motifs is 9. The van der Waals surface area contributed by atoms with Gasteiger partial charge in [0.15, 0.2) is 16.9 Å². The molecule has 0 bridgehead atoms. The van der Waals surface area contributed by atoms with Gasteiger partial charge in [-0.25, -0.2) is 16.3 Å². The lowest BCUT2D eigenvalue weighted by Crippen LogP contribution is -2.04. The van der Waals surface area contributed by atoms with Gasteiger partial charge in [0.2, 0.25) is 0 Å². The fourth-order valence-corrected chi connectivity index (χ4v) is 7.68. The van der Waals surface area contributed by atoms with Crippen molar-refractivity contribution < 1.29 is 0 Å². The number of aryl methyl sites for hydroxylation is 3. The number of aromatic amines is 3. The van der Waals surface area contributed by atoms with Crippen LogP contribution < -0.4 is 16.3 Å². The summed E-state index contributed by atoms with van der Waals surface area (Å²) in [6, 6.07) is 35.2. The molecule has 0 aliphatic carbocycles. The Morgan fingerprint density at radius 2 is 0.681 bits per heavy atom. The number of hydrogen-bond donors (Lipinski definition) is 6. The van der Waals surface area contributed by atoms with Gasteiger partial charge in [-0.1, -0.05) is 72.8 Å². The molecule has 0 aliphatic heterocycles. The maximum Gasteiger partial charge on any atom is 0.265 e. The van der Waals surface area contributed by atoms with E-state index in [-0.39, 0.29) is 0 Å². The summed E-state index contributed by atoms with van der Waals surface area (Å²) in [6.07, 6.45) is 5.18. The summed E-state index contributed by atoms with van der Waals surface area (Å²) in [6.45, 7) is 11.7. The number of nitrogens with one attached hydrogen (secondary N) is 6. The Balaban J connectivity index is 0.000000124. The molecule has 0 atom stereocenters.